The summed E-state index contributed by atoms with van der Waals surface area (Å²) in [6.45, 7) is 0.936. The number of pyridine rings is 1. The molecular weight excluding hydrogens is 448 g/mol. The van der Waals surface area contributed by atoms with E-state index in [1.54, 1.807) is 0 Å². The predicted octanol–water partition coefficient (Wildman–Crippen LogP) is 4.60. The van der Waals surface area contributed by atoms with E-state index in [9.17, 15) is 31.1 Å². The summed E-state index contributed by atoms with van der Waals surface area (Å²) >= 11 is 0.808. The minimum absolute atomic E-state index is 0.226. The molecule has 0 bridgehead atoms. The average molecular weight is 467 g/mol. The number of nitrogens with two attached hydrogens (primary N) is 1. The Morgan fingerprint density at radius 2 is 2.03 bits per heavy atom. The monoisotopic (exact) mass is 467 g/mol. The summed E-state index contributed by atoms with van der Waals surface area (Å²) in [7, 11) is 0. The molecule has 0 unspecified atom stereocenters. The van der Waals surface area contributed by atoms with E-state index in [4.69, 9.17) is 5.14 Å². The van der Waals surface area contributed by atoms with E-state index in [0.29, 0.717) is 16.6 Å². The van der Waals surface area contributed by atoms with Gasteiger partial charge in [0.05, 0.1) is 12.0 Å². The first kappa shape index (κ1) is 23.4. The van der Waals surface area contributed by atoms with Crippen molar-refractivity contribution >= 4 is 23.5 Å². The van der Waals surface area contributed by atoms with Crippen LogP contribution in [0.1, 0.15) is 41.5 Å². The van der Waals surface area contributed by atoms with Crippen LogP contribution >= 0.6 is 11.9 Å². The molecule has 0 saturated heterocycles. The number of hydrogen-bond acceptors (Lipinski definition) is 5. The van der Waals surface area contributed by atoms with Crippen LogP contribution < -0.4 is 10.5 Å². The molecule has 31 heavy (non-hydrogen) atoms. The molecule has 2 aromatic heterocycles. The number of halogens is 6. The number of carbonyl (C=O) groups excluding carboxylic acids is 1. The van der Waals surface area contributed by atoms with Crippen LogP contribution in [0.5, 0.6) is 0 Å². The molecule has 2 aromatic rings. The first-order chi connectivity index (χ1) is 14.3. The van der Waals surface area contributed by atoms with Gasteiger partial charge in [0.2, 0.25) is 12.3 Å². The normalized spacial score (nSPS) is 17.5. The Kier molecular flexibility index (Phi) is 6.04. The molecule has 0 aromatic carbocycles. The van der Waals surface area contributed by atoms with Gasteiger partial charge >= 0.3 is 0 Å². The fraction of sp³-hybridized carbons (Fsp3) is 0.500. The number of alkyl halides is 6. The van der Waals surface area contributed by atoms with Crippen molar-refractivity contribution < 1.29 is 31.1 Å². The van der Waals surface area contributed by atoms with Crippen LogP contribution in [0.25, 0.3) is 0 Å². The van der Waals surface area contributed by atoms with Crippen LogP contribution in [0.3, 0.4) is 0 Å². The van der Waals surface area contributed by atoms with E-state index in [1.807, 2.05) is 0 Å². The Morgan fingerprint density at radius 3 is 2.55 bits per heavy atom. The van der Waals surface area contributed by atoms with Gasteiger partial charge in [-0.2, -0.15) is 13.9 Å². The van der Waals surface area contributed by atoms with Gasteiger partial charge in [0, 0.05) is 37.2 Å². The molecule has 170 valence electrons. The highest BCUT2D eigenvalue weighted by Crippen LogP contribution is 2.56. The zero-order chi connectivity index (χ0) is 23.2. The lowest BCUT2D eigenvalue weighted by Gasteiger charge is -2.46. The Hall–Kier alpha value is -2.28. The summed E-state index contributed by atoms with van der Waals surface area (Å²) in [5.74, 6) is -7.67. The second-order valence-corrected chi connectivity index (χ2v) is 8.35. The van der Waals surface area contributed by atoms with Gasteiger partial charge in [-0.25, -0.2) is 22.5 Å². The van der Waals surface area contributed by atoms with Gasteiger partial charge in [-0.1, -0.05) is 0 Å². The number of amides is 1. The van der Waals surface area contributed by atoms with Crippen LogP contribution in [0.15, 0.2) is 23.4 Å². The molecule has 1 aliphatic rings. The highest BCUT2D eigenvalue weighted by Gasteiger charge is 2.62. The van der Waals surface area contributed by atoms with E-state index >= 15 is 0 Å². The maximum atomic E-state index is 14.0. The summed E-state index contributed by atoms with van der Waals surface area (Å²) in [4.78, 5) is 16.8. The van der Waals surface area contributed by atoms with Crippen LogP contribution in [-0.4, -0.2) is 33.0 Å². The first-order valence-corrected chi connectivity index (χ1v) is 9.92. The van der Waals surface area contributed by atoms with Gasteiger partial charge in [-0.15, -0.1) is 0 Å². The van der Waals surface area contributed by atoms with Crippen LogP contribution in [-0.2, 0) is 12.5 Å². The van der Waals surface area contributed by atoms with Gasteiger partial charge < -0.3 is 5.32 Å². The summed E-state index contributed by atoms with van der Waals surface area (Å²) < 4.78 is 82.8. The van der Waals surface area contributed by atoms with E-state index in [2.05, 4.69) is 15.4 Å². The third-order valence-electron chi connectivity index (χ3n) is 5.08. The molecule has 0 aliphatic heterocycles. The average Bonchev–Trinajstić information content (AvgIpc) is 2.96. The van der Waals surface area contributed by atoms with Crippen molar-refractivity contribution in [1.82, 2.24) is 14.8 Å². The summed E-state index contributed by atoms with van der Waals surface area (Å²) in [5, 5.41) is 11.9. The molecule has 1 fully saturated rings. The van der Waals surface area contributed by atoms with Crippen molar-refractivity contribution in [3.63, 3.8) is 0 Å². The summed E-state index contributed by atoms with van der Waals surface area (Å²) in [6, 6.07) is 2.83. The number of anilines is 1. The fourth-order valence-corrected chi connectivity index (χ4v) is 4.04. The van der Waals surface area contributed by atoms with E-state index in [0.717, 1.165) is 11.9 Å². The third kappa shape index (κ3) is 4.66. The highest BCUT2D eigenvalue weighted by atomic mass is 32.2. The number of carbonyl (C=O) groups is 1. The lowest BCUT2D eigenvalue weighted by Crippen LogP contribution is -2.53. The quantitative estimate of drug-likeness (QED) is 0.459. The summed E-state index contributed by atoms with van der Waals surface area (Å²) in [6.07, 6.45) is -4.06. The number of nitrogens with one attached hydrogen (secondary N) is 1. The molecule has 1 saturated carbocycles. The number of rotatable bonds is 7. The second kappa shape index (κ2) is 8.01. The molecule has 2 heterocycles. The van der Waals surface area contributed by atoms with Gasteiger partial charge in [-0.3, -0.25) is 14.6 Å². The Morgan fingerprint density at radius 1 is 1.39 bits per heavy atom. The molecule has 3 rings (SSSR count). The minimum atomic E-state index is -3.48. The Bertz CT molecular complexity index is 982. The number of nitrogens with zero attached hydrogens (tertiary/aromatic N) is 3. The maximum Gasteiger partial charge on any atom is 0.289 e. The zero-order valence-corrected chi connectivity index (χ0v) is 17.3. The second-order valence-electron chi connectivity index (χ2n) is 7.70. The largest absolute Gasteiger partial charge is 0.321 e. The van der Waals surface area contributed by atoms with Crippen molar-refractivity contribution in [2.24, 2.45) is 10.6 Å². The summed E-state index contributed by atoms with van der Waals surface area (Å²) in [5.41, 5.74) is -3.38. The van der Waals surface area contributed by atoms with E-state index in [1.165, 1.54) is 25.3 Å². The van der Waals surface area contributed by atoms with Crippen molar-refractivity contribution in [2.45, 2.75) is 56.5 Å². The molecular formula is C18H19F6N5OS. The van der Waals surface area contributed by atoms with Crippen molar-refractivity contribution in [2.75, 3.05) is 5.32 Å². The van der Waals surface area contributed by atoms with Crippen molar-refractivity contribution in [3.8, 4) is 0 Å². The Balaban J connectivity index is 2.00. The molecule has 13 heteroatoms. The van der Waals surface area contributed by atoms with Crippen LogP contribution in [0.2, 0.25) is 0 Å². The number of aromatic nitrogens is 3. The zero-order valence-electron chi connectivity index (χ0n) is 16.4. The topological polar surface area (TPSA) is 85.8 Å². The molecule has 1 aliphatic carbocycles. The Labute approximate surface area is 177 Å². The van der Waals surface area contributed by atoms with Gasteiger partial charge in [0.15, 0.2) is 0 Å². The maximum absolute atomic E-state index is 14.0. The molecule has 0 radical (unpaired) electrons. The SMILES string of the molecule is Cc1c(C(C)(F)F)nn(CC2(C(F)F)CC(F)(F)C2)c1C(=O)Nc1ccnc(SN)c1. The third-order valence-corrected chi connectivity index (χ3v) is 5.55. The first-order valence-electron chi connectivity index (χ1n) is 9.04. The standard InChI is InChI=1S/C18H19F6N5OS/c1-9-12(14(30)27-10-3-4-26-11(5-10)31-25)29(28-13(9)16(2,21)22)8-17(15(19)20)6-18(23,24)7-17/h3-5,15H,6-8,25H2,1-2H3,(H,26,27,30). The molecule has 6 nitrogen and oxygen atoms in total. The van der Waals surface area contributed by atoms with Gasteiger partial charge in [0.1, 0.15) is 16.4 Å². The van der Waals surface area contributed by atoms with Crippen molar-refractivity contribution in [3.05, 3.63) is 35.3 Å². The highest BCUT2D eigenvalue weighted by molar-refractivity contribution is 7.97. The van der Waals surface area contributed by atoms with Gasteiger partial charge in [0.25, 0.3) is 11.8 Å². The van der Waals surface area contributed by atoms with Crippen molar-refractivity contribution in [1.29, 1.82) is 0 Å². The van der Waals surface area contributed by atoms with Crippen LogP contribution in [0.4, 0.5) is 32.0 Å². The lowest BCUT2D eigenvalue weighted by molar-refractivity contribution is -0.217. The van der Waals surface area contributed by atoms with Crippen LogP contribution in [0, 0.1) is 12.3 Å². The smallest absolute Gasteiger partial charge is 0.289 e. The van der Waals surface area contributed by atoms with E-state index in [-0.39, 0.29) is 11.3 Å². The molecule has 1 amide bonds. The predicted molar refractivity (Wildman–Crippen MR) is 101 cm³/mol. The minimum Gasteiger partial charge on any atom is -0.321 e. The molecule has 3 N–H and O–H groups in total. The van der Waals surface area contributed by atoms with Gasteiger partial charge in [-0.05, 0) is 31.0 Å². The fourth-order valence-electron chi connectivity index (χ4n) is 3.72. The molecule has 0 spiro atoms. The van der Waals surface area contributed by atoms with E-state index < -0.39 is 60.4 Å². The lowest BCUT2D eigenvalue weighted by atomic mass is 9.66. The number of hydrogen-bond donors (Lipinski definition) is 2. The molecule has 0 atom stereocenters.